The molecule has 0 aliphatic heterocycles. The molecule has 0 aromatic heterocycles. The lowest BCUT2D eigenvalue weighted by Crippen LogP contribution is -2.05. The maximum absolute atomic E-state index is 12.7. The Morgan fingerprint density at radius 2 is 1.65 bits per heavy atom. The molecule has 0 spiro atoms. The SMILES string of the molecule is COc1cc(N)ccc1-c1ccc(C(F)(F)F)cc1C. The Morgan fingerprint density at radius 1 is 1.00 bits per heavy atom. The number of rotatable bonds is 2. The number of hydrogen-bond acceptors (Lipinski definition) is 2. The van der Waals surface area contributed by atoms with Gasteiger partial charge < -0.3 is 10.5 Å². The first-order chi connectivity index (χ1) is 9.32. The van der Waals surface area contributed by atoms with Gasteiger partial charge in [0.05, 0.1) is 12.7 Å². The molecule has 0 fully saturated rings. The molecule has 0 amide bonds. The average Bonchev–Trinajstić information content (AvgIpc) is 2.38. The minimum Gasteiger partial charge on any atom is -0.496 e. The van der Waals surface area contributed by atoms with Gasteiger partial charge in [-0.25, -0.2) is 0 Å². The van der Waals surface area contributed by atoms with Crippen LogP contribution in [-0.2, 0) is 6.18 Å². The van der Waals surface area contributed by atoms with Crippen LogP contribution in [0.5, 0.6) is 5.75 Å². The molecule has 2 N–H and O–H groups in total. The van der Waals surface area contributed by atoms with Gasteiger partial charge in [-0.3, -0.25) is 0 Å². The van der Waals surface area contributed by atoms with Crippen molar-refractivity contribution in [3.05, 3.63) is 47.5 Å². The number of halogens is 3. The summed E-state index contributed by atoms with van der Waals surface area (Å²) < 4.78 is 43.2. The predicted octanol–water partition coefficient (Wildman–Crippen LogP) is 4.27. The Hall–Kier alpha value is -2.17. The van der Waals surface area contributed by atoms with Crippen LogP contribution in [0.25, 0.3) is 11.1 Å². The van der Waals surface area contributed by atoms with Gasteiger partial charge in [0, 0.05) is 17.3 Å². The van der Waals surface area contributed by atoms with Crippen molar-refractivity contribution >= 4 is 5.69 Å². The van der Waals surface area contributed by atoms with E-state index >= 15 is 0 Å². The van der Waals surface area contributed by atoms with E-state index in [9.17, 15) is 13.2 Å². The van der Waals surface area contributed by atoms with Crippen molar-refractivity contribution in [3.63, 3.8) is 0 Å². The van der Waals surface area contributed by atoms with Gasteiger partial charge in [-0.2, -0.15) is 13.2 Å². The van der Waals surface area contributed by atoms with E-state index in [1.807, 2.05) is 0 Å². The molecular formula is C15H14F3NO. The summed E-state index contributed by atoms with van der Waals surface area (Å²) in [6.07, 6.45) is -4.34. The monoisotopic (exact) mass is 281 g/mol. The van der Waals surface area contributed by atoms with Crippen molar-refractivity contribution in [1.29, 1.82) is 0 Å². The fraction of sp³-hybridized carbons (Fsp3) is 0.200. The lowest BCUT2D eigenvalue weighted by atomic mass is 9.97. The molecule has 2 aromatic rings. The zero-order chi connectivity index (χ0) is 14.9. The van der Waals surface area contributed by atoms with Crippen molar-refractivity contribution in [1.82, 2.24) is 0 Å². The van der Waals surface area contributed by atoms with Gasteiger partial charge in [-0.15, -0.1) is 0 Å². The van der Waals surface area contributed by atoms with Crippen molar-refractivity contribution in [2.75, 3.05) is 12.8 Å². The summed E-state index contributed by atoms with van der Waals surface area (Å²) in [5, 5.41) is 0. The molecule has 0 saturated heterocycles. The van der Waals surface area contributed by atoms with Gasteiger partial charge in [-0.1, -0.05) is 6.07 Å². The zero-order valence-corrected chi connectivity index (χ0v) is 11.1. The Balaban J connectivity index is 2.54. The summed E-state index contributed by atoms with van der Waals surface area (Å²) in [5.41, 5.74) is 7.49. The number of nitrogens with two attached hydrogens (primary N) is 1. The van der Waals surface area contributed by atoms with Crippen molar-refractivity contribution in [3.8, 4) is 16.9 Å². The van der Waals surface area contributed by atoms with E-state index in [2.05, 4.69) is 0 Å². The van der Waals surface area contributed by atoms with Crippen LogP contribution in [0.15, 0.2) is 36.4 Å². The number of alkyl halides is 3. The van der Waals surface area contributed by atoms with E-state index in [1.54, 1.807) is 25.1 Å². The Bertz CT molecular complexity index is 636. The Kier molecular flexibility index (Phi) is 3.61. The predicted molar refractivity (Wildman–Crippen MR) is 72.6 cm³/mol. The zero-order valence-electron chi connectivity index (χ0n) is 11.1. The quantitative estimate of drug-likeness (QED) is 0.834. The number of benzene rings is 2. The summed E-state index contributed by atoms with van der Waals surface area (Å²) in [7, 11) is 1.50. The second-order valence-electron chi connectivity index (χ2n) is 4.49. The number of aryl methyl sites for hydroxylation is 1. The molecule has 2 rings (SSSR count). The smallest absolute Gasteiger partial charge is 0.416 e. The Morgan fingerprint density at radius 3 is 2.20 bits per heavy atom. The van der Waals surface area contributed by atoms with E-state index in [0.717, 1.165) is 12.1 Å². The molecule has 0 heterocycles. The number of ether oxygens (including phenoxy) is 1. The van der Waals surface area contributed by atoms with E-state index in [0.29, 0.717) is 28.1 Å². The van der Waals surface area contributed by atoms with Crippen LogP contribution in [0.4, 0.5) is 18.9 Å². The van der Waals surface area contributed by atoms with Crippen molar-refractivity contribution in [2.45, 2.75) is 13.1 Å². The molecule has 2 nitrogen and oxygen atoms in total. The van der Waals surface area contributed by atoms with Gasteiger partial charge >= 0.3 is 6.18 Å². The van der Waals surface area contributed by atoms with Crippen LogP contribution in [0.2, 0.25) is 0 Å². The average molecular weight is 281 g/mol. The minimum atomic E-state index is -4.34. The molecule has 106 valence electrons. The van der Waals surface area contributed by atoms with E-state index < -0.39 is 11.7 Å². The first kappa shape index (κ1) is 14.2. The van der Waals surface area contributed by atoms with Crippen LogP contribution < -0.4 is 10.5 Å². The highest BCUT2D eigenvalue weighted by atomic mass is 19.4. The molecule has 0 bridgehead atoms. The van der Waals surface area contributed by atoms with Gasteiger partial charge in [0.15, 0.2) is 0 Å². The second kappa shape index (κ2) is 5.07. The molecule has 0 saturated carbocycles. The van der Waals surface area contributed by atoms with Gasteiger partial charge in [0.1, 0.15) is 5.75 Å². The normalized spacial score (nSPS) is 11.4. The van der Waals surface area contributed by atoms with Gasteiger partial charge in [-0.05, 0) is 42.3 Å². The molecule has 0 aliphatic rings. The molecule has 0 radical (unpaired) electrons. The highest BCUT2D eigenvalue weighted by molar-refractivity contribution is 5.75. The van der Waals surface area contributed by atoms with E-state index in [-0.39, 0.29) is 0 Å². The first-order valence-corrected chi connectivity index (χ1v) is 5.94. The standard InChI is InChI=1S/C15H14F3NO/c1-9-7-10(15(16,17)18)3-5-12(9)13-6-4-11(19)8-14(13)20-2/h3-8H,19H2,1-2H3. The van der Waals surface area contributed by atoms with Crippen molar-refractivity contribution in [2.24, 2.45) is 0 Å². The largest absolute Gasteiger partial charge is 0.496 e. The minimum absolute atomic E-state index is 0.530. The van der Waals surface area contributed by atoms with Crippen molar-refractivity contribution < 1.29 is 17.9 Å². The van der Waals surface area contributed by atoms with Crippen LogP contribution in [-0.4, -0.2) is 7.11 Å². The van der Waals surface area contributed by atoms with Crippen LogP contribution in [0.1, 0.15) is 11.1 Å². The summed E-state index contributed by atoms with van der Waals surface area (Å²) in [6.45, 7) is 1.64. The Labute approximate surface area is 115 Å². The maximum atomic E-state index is 12.7. The van der Waals surface area contributed by atoms with Gasteiger partial charge in [0.2, 0.25) is 0 Å². The highest BCUT2D eigenvalue weighted by Gasteiger charge is 2.30. The van der Waals surface area contributed by atoms with Crippen LogP contribution in [0.3, 0.4) is 0 Å². The fourth-order valence-electron chi connectivity index (χ4n) is 2.07. The number of methoxy groups -OCH3 is 1. The fourth-order valence-corrected chi connectivity index (χ4v) is 2.07. The summed E-state index contributed by atoms with van der Waals surface area (Å²) in [6, 6.07) is 8.72. The number of nitrogen functional groups attached to an aromatic ring is 1. The summed E-state index contributed by atoms with van der Waals surface area (Å²) in [4.78, 5) is 0. The lowest BCUT2D eigenvalue weighted by Gasteiger charge is -2.14. The molecule has 0 aliphatic carbocycles. The molecular weight excluding hydrogens is 267 g/mol. The third kappa shape index (κ3) is 2.71. The molecule has 2 aromatic carbocycles. The van der Waals surface area contributed by atoms with Gasteiger partial charge in [0.25, 0.3) is 0 Å². The van der Waals surface area contributed by atoms with E-state index in [1.165, 1.54) is 13.2 Å². The highest BCUT2D eigenvalue weighted by Crippen LogP contribution is 2.37. The third-order valence-electron chi connectivity index (χ3n) is 3.07. The number of hydrogen-bond donors (Lipinski definition) is 1. The lowest BCUT2D eigenvalue weighted by molar-refractivity contribution is -0.137. The van der Waals surface area contributed by atoms with Crippen LogP contribution >= 0.6 is 0 Å². The second-order valence-corrected chi connectivity index (χ2v) is 4.49. The molecule has 20 heavy (non-hydrogen) atoms. The molecule has 0 atom stereocenters. The maximum Gasteiger partial charge on any atom is 0.416 e. The van der Waals surface area contributed by atoms with E-state index in [4.69, 9.17) is 10.5 Å². The summed E-state index contributed by atoms with van der Waals surface area (Å²) in [5.74, 6) is 0.535. The molecule has 0 unspecified atom stereocenters. The third-order valence-corrected chi connectivity index (χ3v) is 3.07. The number of anilines is 1. The first-order valence-electron chi connectivity index (χ1n) is 5.94. The summed E-state index contributed by atoms with van der Waals surface area (Å²) >= 11 is 0. The van der Waals surface area contributed by atoms with Crippen LogP contribution in [0, 0.1) is 6.92 Å². The molecule has 5 heteroatoms. The topological polar surface area (TPSA) is 35.2 Å².